The van der Waals surface area contributed by atoms with E-state index in [1.165, 1.54) is 55.2 Å². The summed E-state index contributed by atoms with van der Waals surface area (Å²) in [4.78, 5) is 4.80. The van der Waals surface area contributed by atoms with E-state index in [2.05, 4.69) is 228 Å². The predicted octanol–water partition coefficient (Wildman–Crippen LogP) is 13.9. The highest BCUT2D eigenvalue weighted by Gasteiger charge is 2.32. The molecule has 0 amide bonds. The zero-order chi connectivity index (χ0) is 35.8. The summed E-state index contributed by atoms with van der Waals surface area (Å²) in [6.07, 6.45) is 20.3. The zero-order valence-corrected chi connectivity index (χ0v) is 29.8. The first-order chi connectivity index (χ1) is 26.8. The summed E-state index contributed by atoms with van der Waals surface area (Å²) in [5, 5.41) is 4.98. The molecule has 3 aliphatic carbocycles. The number of fused-ring (bicyclic) bond motifs is 6. The topological polar surface area (TPSA) is 6.48 Å². The lowest BCUT2D eigenvalue weighted by atomic mass is 9.72. The number of rotatable bonds is 7. The van der Waals surface area contributed by atoms with Crippen molar-refractivity contribution in [3.05, 3.63) is 235 Å². The summed E-state index contributed by atoms with van der Waals surface area (Å²) < 4.78 is 0. The van der Waals surface area contributed by atoms with Crippen LogP contribution >= 0.6 is 0 Å². The summed E-state index contributed by atoms with van der Waals surface area (Å²) >= 11 is 0. The van der Waals surface area contributed by atoms with Crippen molar-refractivity contribution in [2.45, 2.75) is 0 Å². The molecule has 0 saturated heterocycles. The largest absolute Gasteiger partial charge is 0.310 e. The van der Waals surface area contributed by atoms with Gasteiger partial charge in [0.2, 0.25) is 0 Å². The number of benzene rings is 7. The smallest absolute Gasteiger partial charge is 0.0546 e. The molecule has 256 valence electrons. The van der Waals surface area contributed by atoms with Crippen LogP contribution in [0.15, 0.2) is 235 Å². The second-order valence-corrected chi connectivity index (χ2v) is 14.1. The minimum absolute atomic E-state index is 0.304. The van der Waals surface area contributed by atoms with Crippen molar-refractivity contribution in [3.63, 3.8) is 0 Å². The predicted molar refractivity (Wildman–Crippen MR) is 229 cm³/mol. The zero-order valence-electron chi connectivity index (χ0n) is 29.8. The molecule has 0 fully saturated rings. The van der Waals surface area contributed by atoms with Crippen molar-refractivity contribution in [1.29, 1.82) is 0 Å². The standard InChI is InChI=1S/C52H38N2/c1-3-17-41(18-4-1)53(51-35-39-15-7-9-21-45(39)47-23-11-13-25-49(47)51)43-31-27-37(28-32-43)38-29-33-44(34-30-38)54(42-19-5-2-6-20-42)52-36-40-16-8-10-22-46(40)48-24-12-14-26-50(48)52/h1-36,45,47H. The molecule has 0 heterocycles. The summed E-state index contributed by atoms with van der Waals surface area (Å²) in [5.41, 5.74) is 12.0. The van der Waals surface area contributed by atoms with E-state index in [1.54, 1.807) is 0 Å². The van der Waals surface area contributed by atoms with Crippen LogP contribution in [0, 0.1) is 11.8 Å². The monoisotopic (exact) mass is 690 g/mol. The van der Waals surface area contributed by atoms with Gasteiger partial charge in [-0.25, -0.2) is 0 Å². The molecule has 0 radical (unpaired) electrons. The lowest BCUT2D eigenvalue weighted by molar-refractivity contribution is 0.606. The molecule has 0 bridgehead atoms. The molecule has 0 spiro atoms. The molecular formula is C52H38N2. The van der Waals surface area contributed by atoms with Gasteiger partial charge in [-0.1, -0.05) is 158 Å². The van der Waals surface area contributed by atoms with Crippen molar-refractivity contribution < 1.29 is 0 Å². The van der Waals surface area contributed by atoms with Crippen LogP contribution in [0.5, 0.6) is 0 Å². The maximum atomic E-state index is 2.42. The summed E-state index contributed by atoms with van der Waals surface area (Å²) in [6, 6.07) is 59.3. The van der Waals surface area contributed by atoms with Crippen LogP contribution in [0.3, 0.4) is 0 Å². The molecule has 10 rings (SSSR count). The molecule has 0 N–H and O–H groups in total. The first-order valence-electron chi connectivity index (χ1n) is 18.8. The van der Waals surface area contributed by atoms with Crippen molar-refractivity contribution >= 4 is 50.0 Å². The highest BCUT2D eigenvalue weighted by Crippen LogP contribution is 2.46. The van der Waals surface area contributed by atoms with Crippen LogP contribution < -0.4 is 9.80 Å². The van der Waals surface area contributed by atoms with Crippen LogP contribution in [0.1, 0.15) is 0 Å². The summed E-state index contributed by atoms with van der Waals surface area (Å²) in [7, 11) is 0. The Hall–Kier alpha value is -6.90. The van der Waals surface area contributed by atoms with Gasteiger partial charge in [0.25, 0.3) is 0 Å². The normalized spacial score (nSPS) is 17.0. The molecular weight excluding hydrogens is 653 g/mol. The van der Waals surface area contributed by atoms with Gasteiger partial charge < -0.3 is 9.80 Å². The Balaban J connectivity index is 1.03. The van der Waals surface area contributed by atoms with E-state index in [0.29, 0.717) is 11.8 Å². The number of hydrogen-bond donors (Lipinski definition) is 0. The van der Waals surface area contributed by atoms with Gasteiger partial charge in [-0.05, 0) is 99.1 Å². The SMILES string of the molecule is C1=CC2=CC(N(c3ccccc3)c3ccc(-c4ccc(N(c5ccccc5)c5cc6ccccc6c6ccccc56)cc4)cc3)=C3C=CC=CC3C2C=C1. The van der Waals surface area contributed by atoms with Crippen LogP contribution in [-0.4, -0.2) is 0 Å². The van der Waals surface area contributed by atoms with E-state index in [-0.39, 0.29) is 0 Å². The number of para-hydroxylation sites is 2. The third kappa shape index (κ3) is 5.60. The molecule has 2 unspecified atom stereocenters. The summed E-state index contributed by atoms with van der Waals surface area (Å²) in [6.45, 7) is 0. The van der Waals surface area contributed by atoms with E-state index in [1.807, 2.05) is 0 Å². The highest BCUT2D eigenvalue weighted by atomic mass is 15.2. The van der Waals surface area contributed by atoms with Gasteiger partial charge in [0.15, 0.2) is 0 Å². The molecule has 7 aromatic rings. The fraction of sp³-hybridized carbons (Fsp3) is 0.0385. The lowest BCUT2D eigenvalue weighted by Gasteiger charge is -2.37. The molecule has 7 aromatic carbocycles. The number of anilines is 5. The first-order valence-corrected chi connectivity index (χ1v) is 18.8. The average molecular weight is 691 g/mol. The highest BCUT2D eigenvalue weighted by molar-refractivity contribution is 6.14. The van der Waals surface area contributed by atoms with Crippen molar-refractivity contribution in [2.24, 2.45) is 11.8 Å². The Bertz CT molecular complexity index is 2690. The molecule has 0 aromatic heterocycles. The van der Waals surface area contributed by atoms with E-state index < -0.39 is 0 Å². The Morgan fingerprint density at radius 1 is 0.389 bits per heavy atom. The lowest BCUT2D eigenvalue weighted by Crippen LogP contribution is -2.27. The minimum atomic E-state index is 0.304. The maximum absolute atomic E-state index is 2.42. The van der Waals surface area contributed by atoms with Gasteiger partial charge in [-0.3, -0.25) is 0 Å². The Labute approximate surface area is 316 Å². The van der Waals surface area contributed by atoms with Gasteiger partial charge in [0, 0.05) is 40.0 Å². The van der Waals surface area contributed by atoms with Crippen LogP contribution in [-0.2, 0) is 0 Å². The minimum Gasteiger partial charge on any atom is -0.310 e. The van der Waals surface area contributed by atoms with Crippen molar-refractivity contribution in [2.75, 3.05) is 9.80 Å². The molecule has 2 nitrogen and oxygen atoms in total. The second kappa shape index (κ2) is 13.6. The van der Waals surface area contributed by atoms with Crippen molar-refractivity contribution in [1.82, 2.24) is 0 Å². The maximum Gasteiger partial charge on any atom is 0.0546 e. The second-order valence-electron chi connectivity index (χ2n) is 14.1. The quantitative estimate of drug-likeness (QED) is 0.154. The fourth-order valence-electron chi connectivity index (χ4n) is 8.44. The van der Waals surface area contributed by atoms with Crippen molar-refractivity contribution in [3.8, 4) is 11.1 Å². The molecule has 3 aliphatic rings. The molecule has 0 aliphatic heterocycles. The molecule has 0 saturated carbocycles. The Morgan fingerprint density at radius 3 is 1.59 bits per heavy atom. The van der Waals surface area contributed by atoms with E-state index in [9.17, 15) is 0 Å². The third-order valence-corrected chi connectivity index (χ3v) is 11.0. The van der Waals surface area contributed by atoms with E-state index in [4.69, 9.17) is 0 Å². The first kappa shape index (κ1) is 31.8. The van der Waals surface area contributed by atoms with Gasteiger partial charge in [0.1, 0.15) is 0 Å². The Morgan fingerprint density at radius 2 is 0.907 bits per heavy atom. The van der Waals surface area contributed by atoms with Gasteiger partial charge in [-0.2, -0.15) is 0 Å². The van der Waals surface area contributed by atoms with Crippen LogP contribution in [0.2, 0.25) is 0 Å². The molecule has 2 heteroatoms. The van der Waals surface area contributed by atoms with Gasteiger partial charge in [0.05, 0.1) is 11.4 Å². The fourth-order valence-corrected chi connectivity index (χ4v) is 8.44. The molecule has 54 heavy (non-hydrogen) atoms. The van der Waals surface area contributed by atoms with E-state index >= 15 is 0 Å². The van der Waals surface area contributed by atoms with E-state index in [0.717, 1.165) is 22.7 Å². The number of hydrogen-bond acceptors (Lipinski definition) is 2. The van der Waals surface area contributed by atoms with Crippen LogP contribution in [0.25, 0.3) is 32.7 Å². The number of nitrogens with zero attached hydrogens (tertiary/aromatic N) is 2. The third-order valence-electron chi connectivity index (χ3n) is 11.0. The summed E-state index contributed by atoms with van der Waals surface area (Å²) in [5.74, 6) is 0.661. The Kier molecular flexibility index (Phi) is 8.00. The average Bonchev–Trinajstić information content (AvgIpc) is 3.25. The van der Waals surface area contributed by atoms with Gasteiger partial charge >= 0.3 is 0 Å². The van der Waals surface area contributed by atoms with Crippen LogP contribution in [0.4, 0.5) is 28.4 Å². The van der Waals surface area contributed by atoms with Gasteiger partial charge in [-0.15, -0.1) is 0 Å². The molecule has 2 atom stereocenters. The number of allylic oxidation sites excluding steroid dienone is 11.